The van der Waals surface area contributed by atoms with E-state index in [4.69, 9.17) is 9.47 Å². The normalized spacial score (nSPS) is 21.9. The Hall–Kier alpha value is -1.29. The fourth-order valence-electron chi connectivity index (χ4n) is 1.87. The summed E-state index contributed by atoms with van der Waals surface area (Å²) in [6.45, 7) is 1.86. The molecule has 1 saturated heterocycles. The van der Waals surface area contributed by atoms with Crippen molar-refractivity contribution in [3.05, 3.63) is 23.8 Å². The molecule has 1 aromatic rings. The van der Waals surface area contributed by atoms with Gasteiger partial charge in [-0.25, -0.2) is 4.39 Å². The van der Waals surface area contributed by atoms with Crippen LogP contribution >= 0.6 is 0 Å². The van der Waals surface area contributed by atoms with Crippen LogP contribution in [0.3, 0.4) is 0 Å². The fourth-order valence-corrected chi connectivity index (χ4v) is 1.87. The summed E-state index contributed by atoms with van der Waals surface area (Å²) >= 11 is 0. The van der Waals surface area contributed by atoms with Crippen molar-refractivity contribution in [3.63, 3.8) is 0 Å². The molecule has 0 unspecified atom stereocenters. The third-order valence-electron chi connectivity index (χ3n) is 2.87. The monoisotopic (exact) mass is 209 g/mol. The average molecular weight is 209 g/mol. The second-order valence-electron chi connectivity index (χ2n) is 3.93. The number of rotatable bonds is 1. The summed E-state index contributed by atoms with van der Waals surface area (Å²) in [5, 5.41) is 2.93. The number of hydrogen-bond donors (Lipinski definition) is 1. The van der Waals surface area contributed by atoms with Crippen molar-refractivity contribution in [2.24, 2.45) is 0 Å². The molecule has 2 aliphatic rings. The van der Waals surface area contributed by atoms with Crippen LogP contribution in [-0.4, -0.2) is 26.3 Å². The van der Waals surface area contributed by atoms with E-state index in [-0.39, 0.29) is 0 Å². The first kappa shape index (κ1) is 8.97. The van der Waals surface area contributed by atoms with Crippen molar-refractivity contribution in [2.75, 3.05) is 26.3 Å². The highest BCUT2D eigenvalue weighted by Gasteiger charge is 2.39. The van der Waals surface area contributed by atoms with E-state index >= 15 is 0 Å². The van der Waals surface area contributed by atoms with Crippen molar-refractivity contribution in [2.45, 2.75) is 5.67 Å². The number of nitrogens with one attached hydrogen (secondary N) is 1. The van der Waals surface area contributed by atoms with Gasteiger partial charge in [0, 0.05) is 13.1 Å². The Morgan fingerprint density at radius 1 is 1.13 bits per heavy atom. The van der Waals surface area contributed by atoms with E-state index in [9.17, 15) is 4.39 Å². The van der Waals surface area contributed by atoms with Gasteiger partial charge in [-0.2, -0.15) is 0 Å². The number of benzene rings is 1. The number of ether oxygens (including phenoxy) is 2. The molecule has 0 spiro atoms. The predicted octanol–water partition coefficient (Wildman–Crippen LogP) is 1.23. The number of hydrogen-bond acceptors (Lipinski definition) is 3. The molecule has 1 aromatic carbocycles. The highest BCUT2D eigenvalue weighted by Crippen LogP contribution is 2.37. The Labute approximate surface area is 87.2 Å². The number of alkyl halides is 1. The lowest BCUT2D eigenvalue weighted by molar-refractivity contribution is 0.0880. The minimum atomic E-state index is -1.23. The summed E-state index contributed by atoms with van der Waals surface area (Å²) in [5.41, 5.74) is -0.555. The van der Waals surface area contributed by atoms with Gasteiger partial charge in [-0.05, 0) is 17.7 Å². The van der Waals surface area contributed by atoms with E-state index in [1.54, 1.807) is 18.2 Å². The summed E-state index contributed by atoms with van der Waals surface area (Å²) in [7, 11) is 0. The topological polar surface area (TPSA) is 30.5 Å². The van der Waals surface area contributed by atoms with Crippen molar-refractivity contribution in [3.8, 4) is 11.5 Å². The van der Waals surface area contributed by atoms with Crippen LogP contribution < -0.4 is 14.8 Å². The summed E-state index contributed by atoms with van der Waals surface area (Å²) < 4.78 is 24.8. The Morgan fingerprint density at radius 2 is 1.87 bits per heavy atom. The van der Waals surface area contributed by atoms with E-state index in [0.29, 0.717) is 43.4 Å². The first-order valence-electron chi connectivity index (χ1n) is 5.08. The van der Waals surface area contributed by atoms with Gasteiger partial charge in [0.15, 0.2) is 17.2 Å². The molecule has 80 valence electrons. The highest BCUT2D eigenvalue weighted by molar-refractivity contribution is 5.46. The first-order chi connectivity index (χ1) is 7.28. The van der Waals surface area contributed by atoms with Crippen molar-refractivity contribution >= 4 is 0 Å². The number of fused-ring (bicyclic) bond motifs is 1. The van der Waals surface area contributed by atoms with Crippen LogP contribution in [0.2, 0.25) is 0 Å². The standard InChI is InChI=1S/C11H12FNO2/c12-11(6-13-7-11)8-1-2-9-10(5-8)15-4-3-14-9/h1-2,5,13H,3-4,6-7H2. The first-order valence-corrected chi connectivity index (χ1v) is 5.08. The minimum absolute atomic E-state index is 0.382. The molecule has 3 nitrogen and oxygen atoms in total. The lowest BCUT2D eigenvalue weighted by Crippen LogP contribution is -2.53. The lowest BCUT2D eigenvalue weighted by atomic mass is 9.90. The molecule has 3 rings (SSSR count). The molecule has 0 bridgehead atoms. The zero-order valence-electron chi connectivity index (χ0n) is 8.25. The minimum Gasteiger partial charge on any atom is -0.486 e. The molecule has 0 saturated carbocycles. The van der Waals surface area contributed by atoms with Crippen LogP contribution in [0.15, 0.2) is 18.2 Å². The smallest absolute Gasteiger partial charge is 0.161 e. The maximum Gasteiger partial charge on any atom is 0.161 e. The van der Waals surface area contributed by atoms with E-state index < -0.39 is 5.67 Å². The molecule has 0 atom stereocenters. The van der Waals surface area contributed by atoms with Gasteiger partial charge in [-0.3, -0.25) is 0 Å². The van der Waals surface area contributed by atoms with Crippen LogP contribution in [0.25, 0.3) is 0 Å². The molecular weight excluding hydrogens is 197 g/mol. The van der Waals surface area contributed by atoms with Crippen molar-refractivity contribution < 1.29 is 13.9 Å². The van der Waals surface area contributed by atoms with Gasteiger partial charge in [0.2, 0.25) is 0 Å². The molecule has 0 aliphatic carbocycles. The summed E-state index contributed by atoms with van der Waals surface area (Å²) in [6, 6.07) is 5.30. The Balaban J connectivity index is 1.97. The SMILES string of the molecule is FC1(c2ccc3c(c2)OCCO3)CNC1. The summed E-state index contributed by atoms with van der Waals surface area (Å²) in [4.78, 5) is 0. The quantitative estimate of drug-likeness (QED) is 0.754. The molecule has 1 fully saturated rings. The fraction of sp³-hybridized carbons (Fsp3) is 0.455. The predicted molar refractivity (Wildman–Crippen MR) is 53.1 cm³/mol. The highest BCUT2D eigenvalue weighted by atomic mass is 19.1. The van der Waals surface area contributed by atoms with Gasteiger partial charge in [0.25, 0.3) is 0 Å². The second-order valence-corrected chi connectivity index (χ2v) is 3.93. The molecule has 0 amide bonds. The molecular formula is C11H12FNO2. The molecule has 0 aromatic heterocycles. The zero-order chi connectivity index (χ0) is 10.3. The maximum atomic E-state index is 14.0. The molecule has 1 N–H and O–H groups in total. The van der Waals surface area contributed by atoms with E-state index in [2.05, 4.69) is 5.32 Å². The summed E-state index contributed by atoms with van der Waals surface area (Å²) in [6.07, 6.45) is 0. The van der Waals surface area contributed by atoms with E-state index in [0.717, 1.165) is 0 Å². The van der Waals surface area contributed by atoms with Crippen LogP contribution in [0, 0.1) is 0 Å². The lowest BCUT2D eigenvalue weighted by Gasteiger charge is -2.35. The van der Waals surface area contributed by atoms with Gasteiger partial charge in [0.1, 0.15) is 13.2 Å². The molecule has 4 heteroatoms. The van der Waals surface area contributed by atoms with Crippen LogP contribution in [0.4, 0.5) is 4.39 Å². The molecule has 0 radical (unpaired) electrons. The van der Waals surface area contributed by atoms with Gasteiger partial charge >= 0.3 is 0 Å². The Morgan fingerprint density at radius 3 is 2.53 bits per heavy atom. The molecule has 2 aliphatic heterocycles. The van der Waals surface area contributed by atoms with Crippen LogP contribution in [0.1, 0.15) is 5.56 Å². The van der Waals surface area contributed by atoms with Crippen LogP contribution in [0.5, 0.6) is 11.5 Å². The van der Waals surface area contributed by atoms with Gasteiger partial charge in [-0.15, -0.1) is 0 Å². The zero-order valence-corrected chi connectivity index (χ0v) is 8.25. The molecule has 2 heterocycles. The summed E-state index contributed by atoms with van der Waals surface area (Å²) in [5.74, 6) is 1.36. The van der Waals surface area contributed by atoms with E-state index in [1.165, 1.54) is 0 Å². The third kappa shape index (κ3) is 1.36. The van der Waals surface area contributed by atoms with E-state index in [1.807, 2.05) is 0 Å². The molecule has 15 heavy (non-hydrogen) atoms. The van der Waals surface area contributed by atoms with Crippen molar-refractivity contribution in [1.82, 2.24) is 5.32 Å². The second kappa shape index (κ2) is 3.10. The van der Waals surface area contributed by atoms with Crippen LogP contribution in [-0.2, 0) is 5.67 Å². The largest absolute Gasteiger partial charge is 0.486 e. The third-order valence-corrected chi connectivity index (χ3v) is 2.87. The Kier molecular flexibility index (Phi) is 1.85. The van der Waals surface area contributed by atoms with Gasteiger partial charge < -0.3 is 14.8 Å². The van der Waals surface area contributed by atoms with Gasteiger partial charge in [-0.1, -0.05) is 6.07 Å². The Bertz CT molecular complexity index is 390. The number of halogens is 1. The maximum absolute atomic E-state index is 14.0. The average Bonchev–Trinajstić information content (AvgIpc) is 2.25. The van der Waals surface area contributed by atoms with Crippen molar-refractivity contribution in [1.29, 1.82) is 0 Å². The van der Waals surface area contributed by atoms with Gasteiger partial charge in [0.05, 0.1) is 0 Å².